The first kappa shape index (κ1) is 13.5. The Kier molecular flexibility index (Phi) is 3.75. The van der Waals surface area contributed by atoms with E-state index in [0.29, 0.717) is 11.6 Å². The minimum Gasteiger partial charge on any atom is -0.506 e. The van der Waals surface area contributed by atoms with Gasteiger partial charge in [0.05, 0.1) is 10.7 Å². The van der Waals surface area contributed by atoms with Crippen LogP contribution in [0, 0.1) is 0 Å². The van der Waals surface area contributed by atoms with Crippen molar-refractivity contribution in [3.63, 3.8) is 0 Å². The van der Waals surface area contributed by atoms with E-state index in [0.717, 1.165) is 16.9 Å². The molecule has 5 nitrogen and oxygen atoms in total. The molecule has 0 bridgehead atoms. The van der Waals surface area contributed by atoms with E-state index in [1.807, 2.05) is 34.9 Å². The molecular weight excluding hydrogens is 288 g/mol. The lowest BCUT2D eigenvalue weighted by atomic mass is 10.2. The molecule has 3 aromatic rings. The maximum absolute atomic E-state index is 9.40. The van der Waals surface area contributed by atoms with Crippen molar-refractivity contribution < 1.29 is 5.11 Å². The Balaban J connectivity index is 1.73. The zero-order valence-electron chi connectivity index (χ0n) is 11.1. The first-order valence-corrected chi connectivity index (χ1v) is 6.76. The van der Waals surface area contributed by atoms with Crippen LogP contribution in [0.25, 0.3) is 5.69 Å². The summed E-state index contributed by atoms with van der Waals surface area (Å²) in [6.45, 7) is 0.617. The van der Waals surface area contributed by atoms with Gasteiger partial charge in [0.15, 0.2) is 0 Å². The zero-order chi connectivity index (χ0) is 14.7. The number of nitrogens with one attached hydrogen (secondary N) is 1. The summed E-state index contributed by atoms with van der Waals surface area (Å²) >= 11 is 5.89. The third kappa shape index (κ3) is 3.14. The summed E-state index contributed by atoms with van der Waals surface area (Å²) in [4.78, 5) is 0. The van der Waals surface area contributed by atoms with Crippen molar-refractivity contribution in [2.45, 2.75) is 6.54 Å². The highest BCUT2D eigenvalue weighted by Gasteiger charge is 2.01. The van der Waals surface area contributed by atoms with Crippen molar-refractivity contribution in [1.29, 1.82) is 0 Å². The van der Waals surface area contributed by atoms with Crippen LogP contribution in [-0.4, -0.2) is 19.9 Å². The summed E-state index contributed by atoms with van der Waals surface area (Å²) < 4.78 is 1.84. The van der Waals surface area contributed by atoms with Gasteiger partial charge < -0.3 is 10.4 Å². The van der Waals surface area contributed by atoms with E-state index < -0.39 is 0 Å². The summed E-state index contributed by atoms with van der Waals surface area (Å²) in [5.74, 6) is 0.0926. The molecule has 0 unspecified atom stereocenters. The molecule has 0 saturated carbocycles. The predicted octanol–water partition coefficient (Wildman–Crippen LogP) is 3.24. The molecule has 0 radical (unpaired) electrons. The van der Waals surface area contributed by atoms with E-state index in [1.165, 1.54) is 0 Å². The van der Waals surface area contributed by atoms with Gasteiger partial charge in [-0.3, -0.25) is 4.57 Å². The van der Waals surface area contributed by atoms with Gasteiger partial charge in [-0.1, -0.05) is 23.7 Å². The highest BCUT2D eigenvalue weighted by molar-refractivity contribution is 6.32. The van der Waals surface area contributed by atoms with Gasteiger partial charge in [0.2, 0.25) is 0 Å². The first-order chi connectivity index (χ1) is 10.2. The molecule has 0 spiro atoms. The number of aromatic nitrogens is 3. The maximum Gasteiger partial charge on any atom is 0.134 e. The second-order valence-corrected chi connectivity index (χ2v) is 4.97. The van der Waals surface area contributed by atoms with E-state index in [4.69, 9.17) is 11.6 Å². The normalized spacial score (nSPS) is 10.5. The number of benzene rings is 2. The van der Waals surface area contributed by atoms with E-state index in [2.05, 4.69) is 15.5 Å². The highest BCUT2D eigenvalue weighted by Crippen LogP contribution is 2.24. The molecule has 0 aliphatic heterocycles. The lowest BCUT2D eigenvalue weighted by molar-refractivity contribution is 0.475. The van der Waals surface area contributed by atoms with Crippen molar-refractivity contribution in [1.82, 2.24) is 14.8 Å². The fraction of sp³-hybridized carbons (Fsp3) is 0.0667. The summed E-state index contributed by atoms with van der Waals surface area (Å²) in [5.41, 5.74) is 2.95. The number of anilines is 1. The molecule has 1 aromatic heterocycles. The van der Waals surface area contributed by atoms with E-state index in [9.17, 15) is 5.11 Å². The average molecular weight is 301 g/mol. The Bertz CT molecular complexity index is 743. The standard InChI is InChI=1S/C15H13ClN4O/c16-14-6-11(4-5-15(14)21)8-17-12-2-1-3-13(7-12)20-9-18-19-10-20/h1-7,9-10,17,21H,8H2. The monoisotopic (exact) mass is 300 g/mol. The predicted molar refractivity (Wildman–Crippen MR) is 81.8 cm³/mol. The minimum atomic E-state index is 0.0926. The molecule has 3 rings (SSSR count). The number of hydrogen-bond donors (Lipinski definition) is 2. The average Bonchev–Trinajstić information content (AvgIpc) is 3.03. The van der Waals surface area contributed by atoms with Crippen LogP contribution in [0.2, 0.25) is 5.02 Å². The van der Waals surface area contributed by atoms with Gasteiger partial charge >= 0.3 is 0 Å². The van der Waals surface area contributed by atoms with Crippen molar-refractivity contribution in [2.75, 3.05) is 5.32 Å². The molecule has 0 atom stereocenters. The fourth-order valence-electron chi connectivity index (χ4n) is 1.98. The number of phenols is 1. The zero-order valence-corrected chi connectivity index (χ0v) is 11.8. The Morgan fingerprint density at radius 2 is 1.90 bits per heavy atom. The smallest absolute Gasteiger partial charge is 0.134 e. The number of phenolic OH excluding ortho intramolecular Hbond substituents is 1. The first-order valence-electron chi connectivity index (χ1n) is 6.39. The van der Waals surface area contributed by atoms with E-state index in [1.54, 1.807) is 24.8 Å². The van der Waals surface area contributed by atoms with Crippen LogP contribution in [0.15, 0.2) is 55.1 Å². The van der Waals surface area contributed by atoms with Crippen LogP contribution >= 0.6 is 11.6 Å². The summed E-state index contributed by atoms with van der Waals surface area (Å²) in [5, 5.41) is 20.7. The van der Waals surface area contributed by atoms with Crippen LogP contribution < -0.4 is 5.32 Å². The van der Waals surface area contributed by atoms with Gasteiger partial charge in [-0.15, -0.1) is 10.2 Å². The number of halogens is 1. The Labute approximate surface area is 126 Å². The molecule has 0 aliphatic carbocycles. The summed E-state index contributed by atoms with van der Waals surface area (Å²) in [6, 6.07) is 13.1. The van der Waals surface area contributed by atoms with Gasteiger partial charge in [0, 0.05) is 12.2 Å². The molecule has 0 fully saturated rings. The van der Waals surface area contributed by atoms with Gasteiger partial charge in [-0.05, 0) is 35.9 Å². The van der Waals surface area contributed by atoms with Gasteiger partial charge in [-0.25, -0.2) is 0 Å². The SMILES string of the molecule is Oc1ccc(CNc2cccc(-n3cnnc3)c2)cc1Cl. The number of nitrogens with zero attached hydrogens (tertiary/aromatic N) is 3. The maximum atomic E-state index is 9.40. The van der Waals surface area contributed by atoms with Crippen LogP contribution in [0.5, 0.6) is 5.75 Å². The molecule has 1 heterocycles. The Hall–Kier alpha value is -2.53. The summed E-state index contributed by atoms with van der Waals surface area (Å²) in [7, 11) is 0. The van der Waals surface area contributed by atoms with Gasteiger partial charge in [0.1, 0.15) is 18.4 Å². The molecule has 2 aromatic carbocycles. The molecule has 6 heteroatoms. The number of rotatable bonds is 4. The van der Waals surface area contributed by atoms with Gasteiger partial charge in [-0.2, -0.15) is 0 Å². The second kappa shape index (κ2) is 5.85. The highest BCUT2D eigenvalue weighted by atomic mass is 35.5. The lowest BCUT2D eigenvalue weighted by Crippen LogP contribution is -2.00. The van der Waals surface area contributed by atoms with Crippen molar-refractivity contribution in [3.05, 3.63) is 65.7 Å². The van der Waals surface area contributed by atoms with Gasteiger partial charge in [0.25, 0.3) is 0 Å². The van der Waals surface area contributed by atoms with Crippen LogP contribution in [0.3, 0.4) is 0 Å². The summed E-state index contributed by atoms with van der Waals surface area (Å²) in [6.07, 6.45) is 3.30. The number of hydrogen-bond acceptors (Lipinski definition) is 4. The Morgan fingerprint density at radius 1 is 1.10 bits per heavy atom. The molecule has 0 amide bonds. The Morgan fingerprint density at radius 3 is 2.67 bits per heavy atom. The largest absolute Gasteiger partial charge is 0.506 e. The van der Waals surface area contributed by atoms with Crippen LogP contribution in [0.1, 0.15) is 5.56 Å². The molecule has 2 N–H and O–H groups in total. The topological polar surface area (TPSA) is 63.0 Å². The molecular formula is C15H13ClN4O. The van der Waals surface area contributed by atoms with Crippen molar-refractivity contribution in [2.24, 2.45) is 0 Å². The van der Waals surface area contributed by atoms with E-state index >= 15 is 0 Å². The van der Waals surface area contributed by atoms with Crippen molar-refractivity contribution in [3.8, 4) is 11.4 Å². The fourth-order valence-corrected chi connectivity index (χ4v) is 2.18. The van der Waals surface area contributed by atoms with Crippen molar-refractivity contribution >= 4 is 17.3 Å². The molecule has 106 valence electrons. The molecule has 0 saturated heterocycles. The molecule has 0 aliphatic rings. The molecule has 21 heavy (non-hydrogen) atoms. The third-order valence-corrected chi connectivity index (χ3v) is 3.37. The van der Waals surface area contributed by atoms with Crippen LogP contribution in [0.4, 0.5) is 5.69 Å². The minimum absolute atomic E-state index is 0.0926. The third-order valence-electron chi connectivity index (χ3n) is 3.07. The van der Waals surface area contributed by atoms with E-state index in [-0.39, 0.29) is 5.75 Å². The lowest BCUT2D eigenvalue weighted by Gasteiger charge is -2.09. The van der Waals surface area contributed by atoms with Crippen LogP contribution in [-0.2, 0) is 6.54 Å². The quantitative estimate of drug-likeness (QED) is 0.776. The second-order valence-electron chi connectivity index (χ2n) is 4.56. The number of aromatic hydroxyl groups is 1.